The van der Waals surface area contributed by atoms with Crippen LogP contribution in [-0.2, 0) is 14.3 Å². The van der Waals surface area contributed by atoms with E-state index in [0.29, 0.717) is 32.9 Å². The van der Waals surface area contributed by atoms with Crippen LogP contribution in [0.2, 0.25) is 0 Å². The zero-order chi connectivity index (χ0) is 14.1. The van der Waals surface area contributed by atoms with Gasteiger partial charge in [0.05, 0.1) is 25.7 Å². The fourth-order valence-electron chi connectivity index (χ4n) is 1.69. The van der Waals surface area contributed by atoms with Gasteiger partial charge in [-0.1, -0.05) is 0 Å². The first-order valence-electron chi connectivity index (χ1n) is 6.32. The largest absolute Gasteiger partial charge is 0.481 e. The van der Waals surface area contributed by atoms with Crippen molar-refractivity contribution in [3.8, 4) is 0 Å². The highest BCUT2D eigenvalue weighted by Gasteiger charge is 2.16. The highest BCUT2D eigenvalue weighted by atomic mass is 16.5. The number of carboxylic acid groups (broad SMARTS) is 1. The molecule has 1 atom stereocenters. The van der Waals surface area contributed by atoms with Crippen molar-refractivity contribution in [3.05, 3.63) is 0 Å². The molecule has 19 heavy (non-hydrogen) atoms. The van der Waals surface area contributed by atoms with Crippen LogP contribution in [0.15, 0.2) is 0 Å². The molecule has 0 spiro atoms. The average molecular weight is 275 g/mol. The lowest BCUT2D eigenvalue weighted by atomic mass is 10.2. The van der Waals surface area contributed by atoms with Crippen molar-refractivity contribution >= 4 is 12.0 Å². The molecule has 110 valence electrons. The van der Waals surface area contributed by atoms with Gasteiger partial charge in [-0.25, -0.2) is 9.80 Å². The number of carbonyl (C=O) groups is 2. The summed E-state index contributed by atoms with van der Waals surface area (Å²) in [4.78, 5) is 22.2. The summed E-state index contributed by atoms with van der Waals surface area (Å²) in [6, 6.07) is -0.364. The predicted molar refractivity (Wildman–Crippen MR) is 66.6 cm³/mol. The number of nitrogens with one attached hydrogen (secondary N) is 2. The van der Waals surface area contributed by atoms with Crippen LogP contribution in [0.3, 0.4) is 0 Å². The molecule has 0 radical (unpaired) electrons. The second kappa shape index (κ2) is 8.68. The molecule has 1 saturated heterocycles. The Labute approximate surface area is 112 Å². The molecule has 0 aromatic rings. The molecule has 1 fully saturated rings. The zero-order valence-electron chi connectivity index (χ0n) is 11.1. The molecule has 1 rings (SSSR count). The van der Waals surface area contributed by atoms with Crippen molar-refractivity contribution in [1.82, 2.24) is 15.8 Å². The predicted octanol–water partition coefficient (Wildman–Crippen LogP) is -0.587. The van der Waals surface area contributed by atoms with E-state index in [1.165, 1.54) is 0 Å². The van der Waals surface area contributed by atoms with Crippen LogP contribution in [0, 0.1) is 0 Å². The normalized spacial score (nSPS) is 17.7. The molecule has 8 nitrogen and oxygen atoms in total. The van der Waals surface area contributed by atoms with Crippen LogP contribution in [0.4, 0.5) is 4.79 Å². The van der Waals surface area contributed by atoms with Crippen LogP contribution >= 0.6 is 0 Å². The van der Waals surface area contributed by atoms with E-state index in [0.717, 1.165) is 0 Å². The summed E-state index contributed by atoms with van der Waals surface area (Å²) in [5.74, 6) is -0.950. The Hall–Kier alpha value is -1.38. The number of nitrogens with zero attached hydrogens (tertiary/aromatic N) is 1. The van der Waals surface area contributed by atoms with E-state index in [4.69, 9.17) is 14.6 Å². The van der Waals surface area contributed by atoms with Crippen molar-refractivity contribution < 1.29 is 24.2 Å². The molecular weight excluding hydrogens is 254 g/mol. The Morgan fingerprint density at radius 3 is 2.68 bits per heavy atom. The van der Waals surface area contributed by atoms with Gasteiger partial charge in [0, 0.05) is 26.2 Å². The lowest BCUT2D eigenvalue weighted by Gasteiger charge is -2.27. The summed E-state index contributed by atoms with van der Waals surface area (Å²) in [6.45, 7) is 4.79. The highest BCUT2D eigenvalue weighted by molar-refractivity contribution is 5.73. The Morgan fingerprint density at radius 1 is 1.42 bits per heavy atom. The number of aliphatic carboxylic acids is 1. The summed E-state index contributed by atoms with van der Waals surface area (Å²) in [5.41, 5.74) is 2.67. The van der Waals surface area contributed by atoms with E-state index in [9.17, 15) is 9.59 Å². The van der Waals surface area contributed by atoms with Gasteiger partial charge in [0.15, 0.2) is 0 Å². The maximum absolute atomic E-state index is 11.6. The zero-order valence-corrected chi connectivity index (χ0v) is 11.1. The third-order valence-electron chi connectivity index (χ3n) is 2.57. The van der Waals surface area contributed by atoms with Gasteiger partial charge in [-0.05, 0) is 6.92 Å². The summed E-state index contributed by atoms with van der Waals surface area (Å²) < 4.78 is 10.4. The number of hydrogen-bond acceptors (Lipinski definition) is 5. The van der Waals surface area contributed by atoms with E-state index in [2.05, 4.69) is 10.7 Å². The van der Waals surface area contributed by atoms with Gasteiger partial charge in [-0.2, -0.15) is 0 Å². The fraction of sp³-hybridized carbons (Fsp3) is 0.818. The Balaban J connectivity index is 2.23. The molecule has 1 unspecified atom stereocenters. The Bertz CT molecular complexity index is 294. The number of morpholine rings is 1. The van der Waals surface area contributed by atoms with Crippen molar-refractivity contribution in [3.63, 3.8) is 0 Å². The number of hydrogen-bond donors (Lipinski definition) is 3. The molecule has 0 bridgehead atoms. The molecule has 0 aromatic heterocycles. The number of ether oxygens (including phenoxy) is 2. The third kappa shape index (κ3) is 6.94. The van der Waals surface area contributed by atoms with E-state index in [1.807, 2.05) is 0 Å². The topological polar surface area (TPSA) is 100 Å². The van der Waals surface area contributed by atoms with E-state index in [1.54, 1.807) is 11.9 Å². The van der Waals surface area contributed by atoms with Gasteiger partial charge in [0.1, 0.15) is 0 Å². The number of hydrazine groups is 1. The van der Waals surface area contributed by atoms with Gasteiger partial charge >= 0.3 is 12.0 Å². The lowest BCUT2D eigenvalue weighted by Crippen LogP contribution is -2.52. The van der Waals surface area contributed by atoms with Crippen molar-refractivity contribution in [2.45, 2.75) is 19.4 Å². The maximum Gasteiger partial charge on any atom is 0.329 e. The number of carbonyl (C=O) groups excluding carboxylic acids is 1. The maximum atomic E-state index is 11.6. The number of rotatable bonds is 7. The van der Waals surface area contributed by atoms with E-state index < -0.39 is 12.1 Å². The quantitative estimate of drug-likeness (QED) is 0.574. The molecule has 2 amide bonds. The van der Waals surface area contributed by atoms with E-state index in [-0.39, 0.29) is 19.0 Å². The molecule has 1 heterocycles. The minimum Gasteiger partial charge on any atom is -0.481 e. The number of amides is 2. The number of carboxylic acids is 1. The molecule has 1 aliphatic rings. The molecule has 8 heteroatoms. The highest BCUT2D eigenvalue weighted by Crippen LogP contribution is 1.98. The van der Waals surface area contributed by atoms with Crippen LogP contribution in [0.25, 0.3) is 0 Å². The minimum atomic E-state index is -0.950. The standard InChI is InChI=1S/C11H21N3O5/c1-2-19-9(7-10(15)16)8-12-11(17)13-14-3-5-18-6-4-14/h9H,2-8H2,1H3,(H,15,16)(H2,12,13,17). The minimum absolute atomic E-state index is 0.133. The van der Waals surface area contributed by atoms with Crippen molar-refractivity contribution in [2.75, 3.05) is 39.5 Å². The first-order valence-corrected chi connectivity index (χ1v) is 6.32. The first-order chi connectivity index (χ1) is 9.11. The molecule has 0 saturated carbocycles. The van der Waals surface area contributed by atoms with Crippen molar-refractivity contribution in [2.24, 2.45) is 0 Å². The summed E-state index contributed by atoms with van der Waals surface area (Å²) in [7, 11) is 0. The summed E-state index contributed by atoms with van der Waals surface area (Å²) >= 11 is 0. The van der Waals surface area contributed by atoms with E-state index >= 15 is 0 Å². The molecule has 0 aromatic carbocycles. The monoisotopic (exact) mass is 275 g/mol. The van der Waals surface area contributed by atoms with Crippen LogP contribution < -0.4 is 10.7 Å². The molecule has 3 N–H and O–H groups in total. The van der Waals surface area contributed by atoms with Crippen LogP contribution in [0.1, 0.15) is 13.3 Å². The van der Waals surface area contributed by atoms with Gasteiger partial charge in [0.25, 0.3) is 0 Å². The molecular formula is C11H21N3O5. The second-order valence-corrected chi connectivity index (χ2v) is 4.10. The summed E-state index contributed by atoms with van der Waals surface area (Å²) in [6.07, 6.45) is -0.649. The van der Waals surface area contributed by atoms with Gasteiger partial charge < -0.3 is 19.9 Å². The lowest BCUT2D eigenvalue weighted by molar-refractivity contribution is -0.140. The third-order valence-corrected chi connectivity index (χ3v) is 2.57. The van der Waals surface area contributed by atoms with Crippen LogP contribution in [0.5, 0.6) is 0 Å². The molecule has 0 aliphatic carbocycles. The Kier molecular flexibility index (Phi) is 7.16. The van der Waals surface area contributed by atoms with Gasteiger partial charge in [0.2, 0.25) is 0 Å². The molecule has 1 aliphatic heterocycles. The SMILES string of the molecule is CCOC(CNC(=O)NN1CCOCC1)CC(=O)O. The van der Waals surface area contributed by atoms with Gasteiger partial charge in [-0.15, -0.1) is 0 Å². The summed E-state index contributed by atoms with van der Waals surface area (Å²) in [5, 5.41) is 13.1. The van der Waals surface area contributed by atoms with Crippen molar-refractivity contribution in [1.29, 1.82) is 0 Å². The van der Waals surface area contributed by atoms with Gasteiger partial charge in [-0.3, -0.25) is 10.2 Å². The smallest absolute Gasteiger partial charge is 0.329 e. The fourth-order valence-corrected chi connectivity index (χ4v) is 1.69. The first kappa shape index (κ1) is 15.7. The Morgan fingerprint density at radius 2 is 2.11 bits per heavy atom. The second-order valence-electron chi connectivity index (χ2n) is 4.10. The average Bonchev–Trinajstić information content (AvgIpc) is 2.37. The number of urea groups is 1. The van der Waals surface area contributed by atoms with Crippen LogP contribution in [-0.4, -0.2) is 67.7 Å².